The van der Waals surface area contributed by atoms with E-state index in [0.717, 1.165) is 49.7 Å². The quantitative estimate of drug-likeness (QED) is 0.0534. The number of halogens is 6. The summed E-state index contributed by atoms with van der Waals surface area (Å²) >= 11 is 0. The van der Waals surface area contributed by atoms with Crippen LogP contribution in [0.3, 0.4) is 0 Å². The molecule has 2 amide bonds. The van der Waals surface area contributed by atoms with Gasteiger partial charge in [-0.2, -0.15) is 26.3 Å². The number of Topliss-reactive ketones (excluding diaryl/α,β-unsaturated/α-hetero) is 1. The molecule has 22 heteroatoms. The third kappa shape index (κ3) is 13.4. The number of alkyl halides is 6. The van der Waals surface area contributed by atoms with Crippen LogP contribution in [0, 0.1) is 25.7 Å². The first-order chi connectivity index (χ1) is 30.4. The molecule has 2 aliphatic carbocycles. The van der Waals surface area contributed by atoms with Gasteiger partial charge in [0.1, 0.15) is 23.3 Å². The van der Waals surface area contributed by atoms with Crippen LogP contribution in [0.5, 0.6) is 0 Å². The predicted octanol–water partition coefficient (Wildman–Crippen LogP) is 6.16. The number of hydrogen-bond acceptors (Lipinski definition) is 12. The number of aromatic nitrogens is 6. The van der Waals surface area contributed by atoms with Crippen molar-refractivity contribution in [2.24, 2.45) is 11.8 Å². The first-order valence-corrected chi connectivity index (χ1v) is 19.7. The van der Waals surface area contributed by atoms with E-state index in [1.54, 1.807) is 19.1 Å². The van der Waals surface area contributed by atoms with Crippen molar-refractivity contribution in [3.8, 4) is 0 Å². The number of ketones is 1. The van der Waals surface area contributed by atoms with E-state index in [1.165, 1.54) is 61.2 Å². The smallest absolute Gasteiger partial charge is 1.00 e. The Morgan fingerprint density at radius 2 is 1.09 bits per heavy atom. The number of amides is 2. The molecule has 1 unspecified atom stereocenters. The number of carbonyl (C=O) groups is 3. The van der Waals surface area contributed by atoms with E-state index in [9.17, 15) is 45.8 Å². The molecule has 0 spiro atoms. The first-order valence-electron chi connectivity index (χ1n) is 19.7. The zero-order chi connectivity index (χ0) is 45.8. The van der Waals surface area contributed by atoms with E-state index in [1.807, 2.05) is 6.92 Å². The van der Waals surface area contributed by atoms with Gasteiger partial charge in [-0.1, -0.05) is 0 Å². The zero-order valence-corrected chi connectivity index (χ0v) is 37.5. The third-order valence-electron chi connectivity index (χ3n) is 9.95. The van der Waals surface area contributed by atoms with Crippen LogP contribution in [-0.2, 0) is 12.4 Å². The van der Waals surface area contributed by atoms with E-state index in [2.05, 4.69) is 51.2 Å². The van der Waals surface area contributed by atoms with Gasteiger partial charge in [-0.25, -0.2) is 19.9 Å². The van der Waals surface area contributed by atoms with E-state index < -0.39 is 41.4 Å². The number of anilines is 6. The minimum atomic E-state index is -4.48. The molecule has 2 aliphatic rings. The monoisotopic (exact) mass is 919 g/mol. The average molecular weight is 920 g/mol. The van der Waals surface area contributed by atoms with Crippen LogP contribution in [0.4, 0.5) is 61.0 Å². The van der Waals surface area contributed by atoms with Crippen molar-refractivity contribution in [1.82, 2.24) is 29.9 Å². The van der Waals surface area contributed by atoms with Crippen molar-refractivity contribution in [1.29, 1.82) is 0 Å². The summed E-state index contributed by atoms with van der Waals surface area (Å²) in [5, 5.41) is 21.6. The SMILES string of the molecule is Cc1cc(C(=O)C2CC2)c(NC(=O)c2ccnc(Nc3ccc(C(F)(F)F)cn3)c2)cn1.Cc1cc(C(O)C2CC2)c(NC(=O)c2ccnc(Nc3ccc(C(F)(F)F)cn3)c2)cn1.[B].[H-].[Na+]. The van der Waals surface area contributed by atoms with Crippen LogP contribution in [-0.4, -0.2) is 61.0 Å². The van der Waals surface area contributed by atoms with E-state index >= 15 is 0 Å². The summed E-state index contributed by atoms with van der Waals surface area (Å²) in [5.74, 6) is -0.00992. The molecule has 6 heterocycles. The zero-order valence-electron chi connectivity index (χ0n) is 36.5. The molecule has 0 aromatic carbocycles. The molecule has 0 bridgehead atoms. The molecular formula is C44H39BF6N10NaO4. The number of aryl methyl sites for hydroxylation is 2. The van der Waals surface area contributed by atoms with E-state index in [4.69, 9.17) is 0 Å². The number of aliphatic hydroxyl groups excluding tert-OH is 1. The molecule has 5 N–H and O–H groups in total. The van der Waals surface area contributed by atoms with Gasteiger partial charge in [0.05, 0.1) is 41.0 Å². The number of nitrogens with one attached hydrogen (secondary N) is 4. The Morgan fingerprint density at radius 3 is 1.53 bits per heavy atom. The predicted molar refractivity (Wildman–Crippen MR) is 229 cm³/mol. The molecule has 1 atom stereocenters. The maximum absolute atomic E-state index is 12.8. The van der Waals surface area contributed by atoms with Crippen molar-refractivity contribution < 1.29 is 76.8 Å². The van der Waals surface area contributed by atoms with Crippen molar-refractivity contribution >= 4 is 60.7 Å². The minimum Gasteiger partial charge on any atom is -1.00 e. The summed E-state index contributed by atoms with van der Waals surface area (Å²) in [4.78, 5) is 62.1. The molecule has 8 rings (SSSR count). The molecule has 14 nitrogen and oxygen atoms in total. The molecule has 6 aromatic heterocycles. The number of carbonyl (C=O) groups excluding carboxylic acids is 3. The Labute approximate surface area is 399 Å². The maximum Gasteiger partial charge on any atom is 1.00 e. The molecule has 2 fully saturated rings. The second-order valence-electron chi connectivity index (χ2n) is 15.1. The summed E-state index contributed by atoms with van der Waals surface area (Å²) < 4.78 is 76.1. The Balaban J connectivity index is 0.000000280. The van der Waals surface area contributed by atoms with Gasteiger partial charge >= 0.3 is 41.9 Å². The van der Waals surface area contributed by atoms with E-state index in [-0.39, 0.29) is 91.4 Å². The van der Waals surface area contributed by atoms with Crippen LogP contribution in [0.1, 0.15) is 92.4 Å². The average Bonchev–Trinajstić information content (AvgIpc) is 4.20. The summed E-state index contributed by atoms with van der Waals surface area (Å²) in [5.41, 5.74) is 1.98. The van der Waals surface area contributed by atoms with Crippen molar-refractivity contribution in [2.75, 3.05) is 21.3 Å². The fourth-order valence-corrected chi connectivity index (χ4v) is 6.23. The van der Waals surface area contributed by atoms with Crippen molar-refractivity contribution in [2.45, 2.75) is 58.0 Å². The number of rotatable bonds is 12. The molecule has 0 saturated heterocycles. The van der Waals surface area contributed by atoms with Gasteiger partial charge in [0.15, 0.2) is 5.78 Å². The van der Waals surface area contributed by atoms with Gasteiger partial charge in [-0.15, -0.1) is 0 Å². The first kappa shape index (κ1) is 50.7. The van der Waals surface area contributed by atoms with Gasteiger partial charge in [0.25, 0.3) is 11.8 Å². The van der Waals surface area contributed by atoms with E-state index in [0.29, 0.717) is 34.4 Å². The van der Waals surface area contributed by atoms with Gasteiger partial charge in [0, 0.05) is 72.8 Å². The molecule has 0 aliphatic heterocycles. The Bertz CT molecular complexity index is 2700. The molecule has 66 heavy (non-hydrogen) atoms. The van der Waals surface area contributed by atoms with Crippen LogP contribution in [0.25, 0.3) is 0 Å². The fourth-order valence-electron chi connectivity index (χ4n) is 6.23. The number of nitrogens with zero attached hydrogens (tertiary/aromatic N) is 6. The second kappa shape index (κ2) is 21.3. The topological polar surface area (TPSA) is 197 Å². The standard InChI is InChI=1S/C22H20F3N5O2.C22H18F3N5O2.B.Na.H/c2*1-12-8-16(20(31)13-2-3-13)17(11-27-12)29-21(32)14-6-7-26-19(9-14)30-18-5-4-15(10-28-18)22(23,24)25;;;/h4-11,13,20,31H,2-3H2,1H3,(H,29,32)(H,26,28,30);4-11,13H,2-3H2,1H3,(H,29,32)(H,26,28,30);;;/q;;;+1;-1. The molecule has 2 saturated carbocycles. The summed E-state index contributed by atoms with van der Waals surface area (Å²) in [6.07, 6.45) is 1.10. The van der Waals surface area contributed by atoms with Gasteiger partial charge < -0.3 is 27.8 Å². The Kier molecular flexibility index (Phi) is 16.4. The largest absolute Gasteiger partial charge is 1.00 e. The third-order valence-corrected chi connectivity index (χ3v) is 9.95. The van der Waals surface area contributed by atoms with Crippen LogP contribution < -0.4 is 50.8 Å². The molecule has 3 radical (unpaired) electrons. The maximum atomic E-state index is 12.8. The normalized spacial score (nSPS) is 13.7. The van der Waals surface area contributed by atoms with Crippen molar-refractivity contribution in [3.05, 3.63) is 143 Å². The van der Waals surface area contributed by atoms with Crippen LogP contribution >= 0.6 is 0 Å². The van der Waals surface area contributed by atoms with Crippen LogP contribution in [0.15, 0.2) is 97.8 Å². The van der Waals surface area contributed by atoms with Crippen molar-refractivity contribution in [3.63, 3.8) is 0 Å². The van der Waals surface area contributed by atoms with Gasteiger partial charge in [-0.3, -0.25) is 24.4 Å². The number of hydrogen-bond donors (Lipinski definition) is 5. The van der Waals surface area contributed by atoms with Gasteiger partial charge in [0.2, 0.25) is 0 Å². The Hall–Kier alpha value is -6.29. The summed E-state index contributed by atoms with van der Waals surface area (Å²) in [6.45, 7) is 3.58. The summed E-state index contributed by atoms with van der Waals surface area (Å²) in [7, 11) is 0. The number of aliphatic hydroxyl groups is 1. The second-order valence-corrected chi connectivity index (χ2v) is 15.1. The summed E-state index contributed by atoms with van der Waals surface area (Å²) in [6, 6.07) is 13.4. The Morgan fingerprint density at radius 1 is 0.621 bits per heavy atom. The van der Waals surface area contributed by atoms with Gasteiger partial charge in [-0.05, 0) is 106 Å². The molecule has 6 aromatic rings. The molecular weight excluding hydrogens is 880 g/mol. The van der Waals surface area contributed by atoms with Crippen LogP contribution in [0.2, 0.25) is 0 Å². The molecule has 335 valence electrons. The number of pyridine rings is 6. The minimum absolute atomic E-state index is 0. The fraction of sp³-hybridized carbons (Fsp3) is 0.250.